The molecular weight excluding hydrogens is 588 g/mol. The van der Waals surface area contributed by atoms with Crippen molar-refractivity contribution in [3.8, 4) is 0 Å². The molecule has 0 aromatic rings. The molecule has 0 atom stereocenters. The van der Waals surface area contributed by atoms with E-state index in [-0.39, 0.29) is 5.04 Å². The van der Waals surface area contributed by atoms with Crippen LogP contribution in [0.3, 0.4) is 0 Å². The average molecular weight is 665 g/mol. The van der Waals surface area contributed by atoms with Gasteiger partial charge in [-0.05, 0) is 24.6 Å². The Bertz CT molecular complexity index is 574. The molecule has 0 saturated heterocycles. The standard InChI is InChI=1S/C36H76O8Si/c1-7-8-9-10-11-12-13-14-15-16-17-18-19-20-21-37-22-23-38-24-25-39-26-27-40-28-29-41-30-31-42-32-33-43-34-35-44-45(5,6)36(2,3)4/h7-35H2,1-6H3. The van der Waals surface area contributed by atoms with E-state index < -0.39 is 8.32 Å². The molecule has 0 aromatic heterocycles. The van der Waals surface area contributed by atoms with E-state index in [4.69, 9.17) is 37.6 Å². The van der Waals surface area contributed by atoms with Gasteiger partial charge in [0.1, 0.15) is 0 Å². The van der Waals surface area contributed by atoms with Crippen LogP contribution in [0.2, 0.25) is 18.1 Å². The van der Waals surface area contributed by atoms with E-state index in [1.807, 2.05) is 0 Å². The van der Waals surface area contributed by atoms with Gasteiger partial charge in [0, 0.05) is 6.61 Å². The van der Waals surface area contributed by atoms with E-state index in [0.29, 0.717) is 92.5 Å². The second kappa shape index (κ2) is 33.8. The highest BCUT2D eigenvalue weighted by molar-refractivity contribution is 6.74. The Balaban J connectivity index is 3.11. The highest BCUT2D eigenvalue weighted by atomic mass is 28.4. The van der Waals surface area contributed by atoms with Gasteiger partial charge in [-0.1, -0.05) is 111 Å². The molecule has 0 spiro atoms. The number of rotatable bonds is 37. The van der Waals surface area contributed by atoms with Crippen molar-refractivity contribution in [2.24, 2.45) is 0 Å². The van der Waals surface area contributed by atoms with E-state index in [1.54, 1.807) is 0 Å². The zero-order valence-corrected chi connectivity index (χ0v) is 31.8. The SMILES string of the molecule is CCCCCCCCCCCCCCCCOCCOCCOCCOCCOCCOCCOCCO[Si](C)(C)C(C)(C)C. The van der Waals surface area contributed by atoms with Crippen molar-refractivity contribution in [2.45, 2.75) is 136 Å². The van der Waals surface area contributed by atoms with Crippen LogP contribution in [0.1, 0.15) is 118 Å². The predicted molar refractivity (Wildman–Crippen MR) is 189 cm³/mol. The van der Waals surface area contributed by atoms with Crippen LogP contribution in [0.4, 0.5) is 0 Å². The summed E-state index contributed by atoms with van der Waals surface area (Å²) in [5, 5.41) is 0.227. The summed E-state index contributed by atoms with van der Waals surface area (Å²) in [6.07, 6.45) is 19.3. The van der Waals surface area contributed by atoms with Gasteiger partial charge in [-0.25, -0.2) is 0 Å². The fourth-order valence-electron chi connectivity index (χ4n) is 4.39. The normalized spacial score (nSPS) is 12.4. The van der Waals surface area contributed by atoms with Crippen LogP contribution in [0.15, 0.2) is 0 Å². The molecule has 0 radical (unpaired) electrons. The molecule has 0 saturated carbocycles. The lowest BCUT2D eigenvalue weighted by Gasteiger charge is -2.36. The van der Waals surface area contributed by atoms with Gasteiger partial charge in [-0.2, -0.15) is 0 Å². The van der Waals surface area contributed by atoms with Crippen molar-refractivity contribution in [3.05, 3.63) is 0 Å². The summed E-state index contributed by atoms with van der Waals surface area (Å²) in [4.78, 5) is 0. The molecule has 0 rings (SSSR count). The summed E-state index contributed by atoms with van der Waals surface area (Å²) in [6.45, 7) is 22.5. The number of ether oxygens (including phenoxy) is 7. The fourth-order valence-corrected chi connectivity index (χ4v) is 5.42. The highest BCUT2D eigenvalue weighted by Crippen LogP contribution is 2.36. The lowest BCUT2D eigenvalue weighted by Crippen LogP contribution is -2.41. The zero-order chi connectivity index (χ0) is 33.2. The molecule has 272 valence electrons. The fraction of sp³-hybridized carbons (Fsp3) is 1.00. The van der Waals surface area contributed by atoms with Crippen LogP contribution >= 0.6 is 0 Å². The molecule has 0 aliphatic rings. The second-order valence-electron chi connectivity index (χ2n) is 13.5. The Kier molecular flexibility index (Phi) is 33.7. The van der Waals surface area contributed by atoms with Gasteiger partial charge < -0.3 is 37.6 Å². The van der Waals surface area contributed by atoms with E-state index in [2.05, 4.69) is 40.8 Å². The maximum atomic E-state index is 6.09. The minimum absolute atomic E-state index is 0.227. The first-order valence-corrected chi connectivity index (χ1v) is 21.4. The molecule has 0 bridgehead atoms. The van der Waals surface area contributed by atoms with Crippen LogP contribution < -0.4 is 0 Å². The van der Waals surface area contributed by atoms with E-state index in [0.717, 1.165) is 13.0 Å². The molecular formula is C36H76O8Si. The van der Waals surface area contributed by atoms with E-state index >= 15 is 0 Å². The van der Waals surface area contributed by atoms with Crippen molar-refractivity contribution in [2.75, 3.05) is 99.1 Å². The molecule has 8 nitrogen and oxygen atoms in total. The Hall–Kier alpha value is -0.103. The molecule has 0 unspecified atom stereocenters. The molecule has 9 heteroatoms. The summed E-state index contributed by atoms with van der Waals surface area (Å²) in [7, 11) is -1.69. The first-order valence-electron chi connectivity index (χ1n) is 18.5. The molecule has 0 aromatic carbocycles. The van der Waals surface area contributed by atoms with E-state index in [9.17, 15) is 0 Å². The largest absolute Gasteiger partial charge is 0.414 e. The molecule has 0 aliphatic carbocycles. The van der Waals surface area contributed by atoms with Crippen molar-refractivity contribution in [3.63, 3.8) is 0 Å². The summed E-state index contributed by atoms with van der Waals surface area (Å²) in [5.74, 6) is 0. The number of hydrogen-bond donors (Lipinski definition) is 0. The third kappa shape index (κ3) is 33.6. The van der Waals surface area contributed by atoms with Crippen LogP contribution in [-0.4, -0.2) is 107 Å². The average Bonchev–Trinajstić information content (AvgIpc) is 3.00. The molecule has 0 amide bonds. The van der Waals surface area contributed by atoms with Gasteiger partial charge in [0.2, 0.25) is 0 Å². The van der Waals surface area contributed by atoms with Crippen molar-refractivity contribution < 1.29 is 37.6 Å². The number of unbranched alkanes of at least 4 members (excludes halogenated alkanes) is 13. The van der Waals surface area contributed by atoms with Crippen molar-refractivity contribution >= 4 is 8.32 Å². The lowest BCUT2D eigenvalue weighted by atomic mass is 10.0. The Labute approximate surface area is 280 Å². The zero-order valence-electron chi connectivity index (χ0n) is 30.8. The minimum Gasteiger partial charge on any atom is -0.414 e. The maximum Gasteiger partial charge on any atom is 0.192 e. The van der Waals surface area contributed by atoms with E-state index in [1.165, 1.54) is 83.5 Å². The predicted octanol–water partition coefficient (Wildman–Crippen LogP) is 8.61. The Morgan fingerprint density at radius 1 is 0.333 bits per heavy atom. The minimum atomic E-state index is -1.69. The molecule has 0 aliphatic heterocycles. The monoisotopic (exact) mass is 665 g/mol. The lowest BCUT2D eigenvalue weighted by molar-refractivity contribution is -0.0214. The van der Waals surface area contributed by atoms with Crippen LogP contribution in [-0.2, 0) is 37.6 Å². The molecule has 0 heterocycles. The quantitative estimate of drug-likeness (QED) is 0.0483. The number of hydrogen-bond acceptors (Lipinski definition) is 8. The third-order valence-electron chi connectivity index (χ3n) is 8.37. The van der Waals surface area contributed by atoms with Crippen LogP contribution in [0.25, 0.3) is 0 Å². The molecule has 0 fully saturated rings. The van der Waals surface area contributed by atoms with Gasteiger partial charge in [0.15, 0.2) is 8.32 Å². The third-order valence-corrected chi connectivity index (χ3v) is 12.9. The van der Waals surface area contributed by atoms with Crippen molar-refractivity contribution in [1.82, 2.24) is 0 Å². The van der Waals surface area contributed by atoms with Gasteiger partial charge in [0.25, 0.3) is 0 Å². The summed E-state index contributed by atoms with van der Waals surface area (Å²) < 4.78 is 45.1. The summed E-state index contributed by atoms with van der Waals surface area (Å²) in [5.41, 5.74) is 0. The Morgan fingerprint density at radius 3 is 0.867 bits per heavy atom. The first-order chi connectivity index (χ1) is 21.8. The van der Waals surface area contributed by atoms with Gasteiger partial charge in [0.05, 0.1) is 92.5 Å². The van der Waals surface area contributed by atoms with Crippen molar-refractivity contribution in [1.29, 1.82) is 0 Å². The summed E-state index contributed by atoms with van der Waals surface area (Å²) in [6, 6.07) is 0. The molecule has 0 N–H and O–H groups in total. The first kappa shape index (κ1) is 44.9. The topological polar surface area (TPSA) is 73.8 Å². The Morgan fingerprint density at radius 2 is 0.578 bits per heavy atom. The molecule has 45 heavy (non-hydrogen) atoms. The van der Waals surface area contributed by atoms with Gasteiger partial charge in [-0.3, -0.25) is 0 Å². The highest BCUT2D eigenvalue weighted by Gasteiger charge is 2.36. The van der Waals surface area contributed by atoms with Gasteiger partial charge >= 0.3 is 0 Å². The van der Waals surface area contributed by atoms with Gasteiger partial charge in [-0.15, -0.1) is 0 Å². The second-order valence-corrected chi connectivity index (χ2v) is 18.3. The maximum absolute atomic E-state index is 6.09. The smallest absolute Gasteiger partial charge is 0.192 e. The summed E-state index contributed by atoms with van der Waals surface area (Å²) >= 11 is 0. The van der Waals surface area contributed by atoms with Crippen LogP contribution in [0.5, 0.6) is 0 Å². The van der Waals surface area contributed by atoms with Crippen LogP contribution in [0, 0.1) is 0 Å².